The van der Waals surface area contributed by atoms with Crippen LogP contribution in [0.4, 0.5) is 0 Å². The second-order valence-corrected chi connectivity index (χ2v) is 35.7. The first kappa shape index (κ1) is 72.8. The maximum atomic E-state index is 18.2. The Kier molecular flexibility index (Phi) is 14.9. The molecular formula is C118H74N10O4. The molecule has 26 aromatic rings. The highest BCUT2D eigenvalue weighted by atomic mass is 16.2. The van der Waals surface area contributed by atoms with Gasteiger partial charge >= 0.3 is 0 Å². The van der Waals surface area contributed by atoms with E-state index >= 15 is 19.2 Å². The van der Waals surface area contributed by atoms with Crippen molar-refractivity contribution in [1.29, 1.82) is 0 Å². The van der Waals surface area contributed by atoms with Crippen LogP contribution in [-0.4, -0.2) is 82.0 Å². The van der Waals surface area contributed by atoms with Crippen molar-refractivity contribution in [3.63, 3.8) is 0 Å². The van der Waals surface area contributed by atoms with Crippen LogP contribution in [0.5, 0.6) is 0 Å². The van der Waals surface area contributed by atoms with Crippen molar-refractivity contribution < 1.29 is 19.2 Å². The van der Waals surface area contributed by atoms with E-state index in [0.717, 1.165) is 174 Å². The van der Waals surface area contributed by atoms with Gasteiger partial charge in [-0.25, -0.2) is 0 Å². The standard InChI is InChI=1S/C118H74N10O4/c129-115-103-104(108(122-89-51-19-3-35-73(89)74-36-4-20-52-90(74)122)112(126-97-59-27-11-43-81(97)82-44-12-28-60-98(82)126)111(125-95-57-25-9-41-79(95)80-42-10-26-58-96(80)125)107(103)121-87-49-17-1-33-71(87)72-34-2-18-50-88(72)121)116(130)119(115)69-65-67-70(68-66-69)120-117(131)105-106(118(120)132)110(124-93-55-23-7-39-77(93)78-40-8-24-56-94(78)124)114(128-101-63-31-15-47-85(101)86-48-16-32-64-102(86)128)113(127-99-61-29-13-45-83(99)84-46-14-30-62-100(84)127)109(105)123-91-53-21-5-37-75(91)76-38-6-22-54-92(76)123/h1-64,69-70H,65-68H2. The number of benzene rings is 18. The Hall–Kier alpha value is -17.4. The summed E-state index contributed by atoms with van der Waals surface area (Å²) in [5.74, 6) is -1.74. The summed E-state index contributed by atoms with van der Waals surface area (Å²) in [4.78, 5) is 76.0. The molecule has 0 spiro atoms. The van der Waals surface area contributed by atoms with Crippen molar-refractivity contribution in [1.82, 2.24) is 46.3 Å². The largest absolute Gasteiger partial charge is 0.306 e. The van der Waals surface area contributed by atoms with E-state index in [4.69, 9.17) is 0 Å². The molecule has 620 valence electrons. The third kappa shape index (κ3) is 9.49. The van der Waals surface area contributed by atoms with Crippen molar-refractivity contribution in [2.75, 3.05) is 0 Å². The predicted molar refractivity (Wildman–Crippen MR) is 535 cm³/mol. The number of hydrogen-bond acceptors (Lipinski definition) is 4. The molecule has 0 atom stereocenters. The van der Waals surface area contributed by atoms with Gasteiger partial charge in [0.2, 0.25) is 0 Å². The number of rotatable bonds is 10. The number of hydrogen-bond donors (Lipinski definition) is 0. The molecule has 0 N–H and O–H groups in total. The minimum Gasteiger partial charge on any atom is -0.306 e. The highest BCUT2D eigenvalue weighted by Crippen LogP contribution is 2.56. The Morgan fingerprint density at radius 2 is 0.235 bits per heavy atom. The summed E-state index contributed by atoms with van der Waals surface area (Å²) >= 11 is 0. The second-order valence-electron chi connectivity index (χ2n) is 35.7. The van der Waals surface area contributed by atoms with Crippen LogP contribution < -0.4 is 0 Å². The average Bonchev–Trinajstić information content (AvgIpc) is 1.47. The first-order valence-corrected chi connectivity index (χ1v) is 45.5. The van der Waals surface area contributed by atoms with E-state index in [9.17, 15) is 0 Å². The third-order valence-electron chi connectivity index (χ3n) is 29.3. The molecule has 1 saturated carbocycles. The maximum absolute atomic E-state index is 18.2. The normalized spacial score (nSPS) is 15.0. The Morgan fingerprint density at radius 3 is 0.348 bits per heavy atom. The average molecular weight is 1700 g/mol. The van der Waals surface area contributed by atoms with Crippen molar-refractivity contribution in [2.45, 2.75) is 37.8 Å². The molecule has 3 aliphatic rings. The monoisotopic (exact) mass is 1690 g/mol. The topological polar surface area (TPSA) is 114 Å². The molecule has 14 heteroatoms. The Labute approximate surface area is 752 Å². The van der Waals surface area contributed by atoms with Crippen LogP contribution in [-0.2, 0) is 0 Å². The molecule has 0 radical (unpaired) electrons. The SMILES string of the molecule is O=C1c2c(c(-n3c4ccccc4c4ccccc43)c(-n3c4ccccc4c4ccccc43)c(-n3c4ccccc4c4ccccc43)c2-n2c3ccccc3c3ccccc32)C(=O)N1C1CCC(N2C(=O)c3c(c(-n4c5ccccc5c5ccccc54)c(-n4c5ccccc5c5ccccc54)c(-n4c5ccccc5c5ccccc54)c3-n3c4ccccc4c4ccccc43)C2=O)CC1. The quantitative estimate of drug-likeness (QED) is 0.127. The molecule has 0 saturated heterocycles. The van der Waals surface area contributed by atoms with Gasteiger partial charge in [-0.15, -0.1) is 0 Å². The maximum Gasteiger partial charge on any atom is 0.264 e. The summed E-state index contributed by atoms with van der Waals surface area (Å²) < 4.78 is 18.6. The van der Waals surface area contributed by atoms with E-state index < -0.39 is 35.7 Å². The Bertz CT molecular complexity index is 8200. The lowest BCUT2D eigenvalue weighted by atomic mass is 9.89. The molecule has 18 aromatic carbocycles. The number of carbonyl (C=O) groups excluding carboxylic acids is 4. The fourth-order valence-corrected chi connectivity index (χ4v) is 24.2. The predicted octanol–water partition coefficient (Wildman–Crippen LogP) is 27.7. The molecule has 1 aliphatic carbocycles. The van der Waals surface area contributed by atoms with E-state index in [1.807, 2.05) is 0 Å². The van der Waals surface area contributed by atoms with Gasteiger partial charge in [0.25, 0.3) is 23.6 Å². The molecule has 29 rings (SSSR count). The van der Waals surface area contributed by atoms with Gasteiger partial charge in [-0.2, -0.15) is 0 Å². The molecular weight excluding hydrogens is 1620 g/mol. The lowest BCUT2D eigenvalue weighted by molar-refractivity contribution is 0.0424. The summed E-state index contributed by atoms with van der Waals surface area (Å²) in [6, 6.07) is 135. The minimum atomic E-state index is -0.737. The van der Waals surface area contributed by atoms with Crippen molar-refractivity contribution in [3.05, 3.63) is 411 Å². The summed E-state index contributed by atoms with van der Waals surface area (Å²) in [6.07, 6.45) is 0.988. The fraction of sp³-hybridized carbons (Fsp3) is 0.0508. The number of imide groups is 2. The molecule has 10 heterocycles. The van der Waals surface area contributed by atoms with Gasteiger partial charge in [0.05, 0.1) is 156 Å². The molecule has 1 fully saturated rings. The minimum absolute atomic E-state index is 0.247. The summed E-state index contributed by atoms with van der Waals surface area (Å²) in [7, 11) is 0. The smallest absolute Gasteiger partial charge is 0.264 e. The third-order valence-corrected chi connectivity index (χ3v) is 29.3. The zero-order chi connectivity index (χ0) is 86.7. The van der Waals surface area contributed by atoms with Crippen LogP contribution in [0.15, 0.2) is 388 Å². The molecule has 2 aliphatic heterocycles. The molecule has 0 bridgehead atoms. The van der Waals surface area contributed by atoms with Crippen LogP contribution in [0.25, 0.3) is 220 Å². The van der Waals surface area contributed by atoms with Crippen LogP contribution in [0.3, 0.4) is 0 Å². The van der Waals surface area contributed by atoms with Crippen LogP contribution in [0, 0.1) is 0 Å². The van der Waals surface area contributed by atoms with Crippen LogP contribution in [0.1, 0.15) is 67.1 Å². The number of para-hydroxylation sites is 16. The summed E-state index contributed by atoms with van der Waals surface area (Å²) in [5, 5.41) is 16.0. The highest BCUT2D eigenvalue weighted by Gasteiger charge is 2.53. The Balaban J connectivity index is 0.698. The van der Waals surface area contributed by atoms with Gasteiger partial charge in [0, 0.05) is 98.3 Å². The molecule has 8 aromatic heterocycles. The van der Waals surface area contributed by atoms with Crippen molar-refractivity contribution in [3.8, 4) is 45.5 Å². The molecule has 4 amide bonds. The first-order chi connectivity index (χ1) is 65.3. The summed E-state index contributed by atoms with van der Waals surface area (Å²) in [6.45, 7) is 0. The van der Waals surface area contributed by atoms with E-state index in [1.54, 1.807) is 9.80 Å². The zero-order valence-corrected chi connectivity index (χ0v) is 71.0. The van der Waals surface area contributed by atoms with E-state index in [2.05, 4.69) is 425 Å². The van der Waals surface area contributed by atoms with E-state index in [1.165, 1.54) is 0 Å². The van der Waals surface area contributed by atoms with Crippen LogP contribution in [0.2, 0.25) is 0 Å². The lowest BCUT2D eigenvalue weighted by Crippen LogP contribution is -2.47. The zero-order valence-electron chi connectivity index (χ0n) is 71.0. The van der Waals surface area contributed by atoms with Gasteiger partial charge in [-0.05, 0) is 123 Å². The molecule has 0 unspecified atom stereocenters. The number of amides is 4. The Morgan fingerprint density at radius 1 is 0.136 bits per heavy atom. The number of aromatic nitrogens is 8. The van der Waals surface area contributed by atoms with Gasteiger partial charge in [0.1, 0.15) is 0 Å². The van der Waals surface area contributed by atoms with E-state index in [-0.39, 0.29) is 47.9 Å². The summed E-state index contributed by atoms with van der Waals surface area (Å²) in [5.41, 5.74) is 20.1. The first-order valence-electron chi connectivity index (χ1n) is 45.5. The van der Waals surface area contributed by atoms with Gasteiger partial charge in [-0.1, -0.05) is 291 Å². The van der Waals surface area contributed by atoms with Crippen molar-refractivity contribution in [2.24, 2.45) is 0 Å². The number of nitrogens with zero attached hydrogens (tertiary/aromatic N) is 10. The van der Waals surface area contributed by atoms with E-state index in [0.29, 0.717) is 45.5 Å². The van der Waals surface area contributed by atoms with Gasteiger partial charge in [0.15, 0.2) is 0 Å². The lowest BCUT2D eigenvalue weighted by Gasteiger charge is -2.36. The highest BCUT2D eigenvalue weighted by molar-refractivity contribution is 6.32. The number of fused-ring (bicyclic) bond motifs is 26. The molecule has 132 heavy (non-hydrogen) atoms. The van der Waals surface area contributed by atoms with Gasteiger partial charge < -0.3 is 36.5 Å². The van der Waals surface area contributed by atoms with Crippen molar-refractivity contribution >= 4 is 198 Å². The van der Waals surface area contributed by atoms with Crippen LogP contribution >= 0.6 is 0 Å². The molecule has 14 nitrogen and oxygen atoms in total. The second kappa shape index (κ2) is 27.1. The van der Waals surface area contributed by atoms with Gasteiger partial charge in [-0.3, -0.25) is 29.0 Å². The number of carbonyl (C=O) groups is 4. The fourth-order valence-electron chi connectivity index (χ4n) is 24.2.